The molecule has 0 spiro atoms. The lowest BCUT2D eigenvalue weighted by Gasteiger charge is -2.14. The third kappa shape index (κ3) is 3.89. The van der Waals surface area contributed by atoms with E-state index in [2.05, 4.69) is 75.7 Å². The summed E-state index contributed by atoms with van der Waals surface area (Å²) in [5.41, 5.74) is 6.89. The van der Waals surface area contributed by atoms with Gasteiger partial charge < -0.3 is 9.88 Å². The normalized spacial score (nSPS) is 11.1. The predicted octanol–water partition coefficient (Wildman–Crippen LogP) is 4.41. The number of benzene rings is 1. The summed E-state index contributed by atoms with van der Waals surface area (Å²) in [7, 11) is 0. The first-order chi connectivity index (χ1) is 11.3. The van der Waals surface area contributed by atoms with Crippen LogP contribution in [-0.4, -0.2) is 17.0 Å². The summed E-state index contributed by atoms with van der Waals surface area (Å²) in [6, 6.07) is 8.54. The molecule has 3 nitrogen and oxygen atoms in total. The minimum atomic E-state index is 0.0381. The van der Waals surface area contributed by atoms with E-state index in [1.165, 1.54) is 22.4 Å². The number of nitrogens with zero attached hydrogens (tertiary/aromatic N) is 1. The smallest absolute Gasteiger partial charge is 0.268 e. The fraction of sp³-hybridized carbons (Fsp3) is 0.476. The van der Waals surface area contributed by atoms with Crippen molar-refractivity contribution in [3.63, 3.8) is 0 Å². The molecular formula is C21H30N2O. The molecule has 0 unspecified atom stereocenters. The number of hydrogen-bond acceptors (Lipinski definition) is 1. The maximum atomic E-state index is 12.8. The number of aromatic nitrogens is 1. The Morgan fingerprint density at radius 2 is 1.75 bits per heavy atom. The molecule has 3 heteroatoms. The quantitative estimate of drug-likeness (QED) is 0.838. The van der Waals surface area contributed by atoms with E-state index < -0.39 is 0 Å². The number of carbonyl (C=O) groups excluding carboxylic acids is 1. The van der Waals surface area contributed by atoms with Crippen LogP contribution in [-0.2, 0) is 13.0 Å². The van der Waals surface area contributed by atoms with Crippen LogP contribution in [0.1, 0.15) is 59.2 Å². The molecule has 1 aromatic heterocycles. The largest absolute Gasteiger partial charge is 0.350 e. The van der Waals surface area contributed by atoms with Crippen molar-refractivity contribution in [3.8, 4) is 0 Å². The lowest BCUT2D eigenvalue weighted by Crippen LogP contribution is -2.30. The highest BCUT2D eigenvalue weighted by atomic mass is 16.1. The molecule has 1 N–H and O–H groups in total. The minimum absolute atomic E-state index is 0.0381. The molecule has 0 saturated heterocycles. The van der Waals surface area contributed by atoms with Gasteiger partial charge in [-0.1, -0.05) is 50.6 Å². The van der Waals surface area contributed by atoms with Crippen LogP contribution in [0.25, 0.3) is 0 Å². The SMILES string of the molecule is CCc1c(C)c(C(=O)NCC(C)C)n(Cc2ccc(C)cc2)c1C. The Hall–Kier alpha value is -2.03. The van der Waals surface area contributed by atoms with Crippen LogP contribution in [0.3, 0.4) is 0 Å². The van der Waals surface area contributed by atoms with Crippen molar-refractivity contribution >= 4 is 5.91 Å². The van der Waals surface area contributed by atoms with Gasteiger partial charge in [0.15, 0.2) is 0 Å². The monoisotopic (exact) mass is 326 g/mol. The van der Waals surface area contributed by atoms with Crippen LogP contribution < -0.4 is 5.32 Å². The van der Waals surface area contributed by atoms with E-state index in [0.29, 0.717) is 12.5 Å². The molecule has 1 heterocycles. The van der Waals surface area contributed by atoms with Crippen molar-refractivity contribution in [2.75, 3.05) is 6.54 Å². The highest BCUT2D eigenvalue weighted by molar-refractivity contribution is 5.95. The molecule has 130 valence electrons. The highest BCUT2D eigenvalue weighted by Crippen LogP contribution is 2.24. The summed E-state index contributed by atoms with van der Waals surface area (Å²) in [4.78, 5) is 12.8. The molecule has 2 aromatic rings. The van der Waals surface area contributed by atoms with Crippen molar-refractivity contribution in [1.82, 2.24) is 9.88 Å². The van der Waals surface area contributed by atoms with Gasteiger partial charge in [0.25, 0.3) is 5.91 Å². The molecule has 0 aliphatic heterocycles. The van der Waals surface area contributed by atoms with E-state index in [-0.39, 0.29) is 5.91 Å². The zero-order chi connectivity index (χ0) is 17.9. The second-order valence-electron chi connectivity index (χ2n) is 7.07. The summed E-state index contributed by atoms with van der Waals surface area (Å²) in [6.45, 7) is 14.1. The predicted molar refractivity (Wildman–Crippen MR) is 101 cm³/mol. The Balaban J connectivity index is 2.41. The molecule has 0 bridgehead atoms. The van der Waals surface area contributed by atoms with Gasteiger partial charge in [-0.15, -0.1) is 0 Å². The number of aryl methyl sites for hydroxylation is 1. The Kier molecular flexibility index (Phi) is 5.87. The molecule has 1 aromatic carbocycles. The van der Waals surface area contributed by atoms with Crippen LogP contribution in [0, 0.1) is 26.7 Å². The van der Waals surface area contributed by atoms with Gasteiger partial charge in [-0.05, 0) is 49.8 Å². The lowest BCUT2D eigenvalue weighted by molar-refractivity contribution is 0.0939. The number of carbonyl (C=O) groups is 1. The Labute approximate surface area is 146 Å². The zero-order valence-electron chi connectivity index (χ0n) is 15.9. The van der Waals surface area contributed by atoms with Crippen molar-refractivity contribution in [2.24, 2.45) is 5.92 Å². The first-order valence-electron chi connectivity index (χ1n) is 8.87. The van der Waals surface area contributed by atoms with Gasteiger partial charge in [0.1, 0.15) is 5.69 Å². The molecule has 0 saturated carbocycles. The maximum Gasteiger partial charge on any atom is 0.268 e. The Bertz CT molecular complexity index is 708. The minimum Gasteiger partial charge on any atom is -0.350 e. The molecule has 0 aliphatic rings. The number of nitrogens with one attached hydrogen (secondary N) is 1. The molecule has 1 amide bonds. The number of rotatable bonds is 6. The van der Waals surface area contributed by atoms with Gasteiger partial charge in [-0.25, -0.2) is 0 Å². The molecule has 0 aliphatic carbocycles. The van der Waals surface area contributed by atoms with Crippen molar-refractivity contribution in [1.29, 1.82) is 0 Å². The van der Waals surface area contributed by atoms with Gasteiger partial charge in [-0.2, -0.15) is 0 Å². The van der Waals surface area contributed by atoms with Crippen LogP contribution >= 0.6 is 0 Å². The Morgan fingerprint density at radius 1 is 1.12 bits per heavy atom. The maximum absolute atomic E-state index is 12.8. The number of amides is 1. The molecule has 0 fully saturated rings. The fourth-order valence-corrected chi connectivity index (χ4v) is 3.22. The average molecular weight is 326 g/mol. The van der Waals surface area contributed by atoms with Crippen LogP contribution in [0.15, 0.2) is 24.3 Å². The first-order valence-corrected chi connectivity index (χ1v) is 8.87. The summed E-state index contributed by atoms with van der Waals surface area (Å²) in [6.07, 6.45) is 0.947. The molecular weight excluding hydrogens is 296 g/mol. The van der Waals surface area contributed by atoms with Crippen molar-refractivity contribution < 1.29 is 4.79 Å². The van der Waals surface area contributed by atoms with Gasteiger partial charge in [-0.3, -0.25) is 4.79 Å². The van der Waals surface area contributed by atoms with Crippen LogP contribution in [0.2, 0.25) is 0 Å². The fourth-order valence-electron chi connectivity index (χ4n) is 3.22. The summed E-state index contributed by atoms with van der Waals surface area (Å²) < 4.78 is 2.18. The van der Waals surface area contributed by atoms with E-state index in [4.69, 9.17) is 0 Å². The van der Waals surface area contributed by atoms with E-state index in [1.807, 2.05) is 0 Å². The van der Waals surface area contributed by atoms with Gasteiger partial charge in [0.2, 0.25) is 0 Å². The van der Waals surface area contributed by atoms with E-state index in [0.717, 1.165) is 24.2 Å². The Morgan fingerprint density at radius 3 is 2.29 bits per heavy atom. The third-order valence-corrected chi connectivity index (χ3v) is 4.62. The molecule has 0 atom stereocenters. The van der Waals surface area contributed by atoms with E-state index in [1.54, 1.807) is 0 Å². The lowest BCUT2D eigenvalue weighted by atomic mass is 10.1. The standard InChI is InChI=1S/C21H30N2O/c1-7-19-16(5)20(21(24)22-12-14(2)3)23(17(19)6)13-18-10-8-15(4)9-11-18/h8-11,14H,7,12-13H2,1-6H3,(H,22,24). The summed E-state index contributed by atoms with van der Waals surface area (Å²) >= 11 is 0. The molecule has 24 heavy (non-hydrogen) atoms. The van der Waals surface area contributed by atoms with Gasteiger partial charge in [0, 0.05) is 18.8 Å². The second-order valence-corrected chi connectivity index (χ2v) is 7.07. The average Bonchev–Trinajstić information content (AvgIpc) is 2.77. The molecule has 0 radical (unpaired) electrons. The van der Waals surface area contributed by atoms with Gasteiger partial charge in [0.05, 0.1) is 0 Å². The zero-order valence-corrected chi connectivity index (χ0v) is 15.9. The second kappa shape index (κ2) is 7.69. The van der Waals surface area contributed by atoms with Crippen LogP contribution in [0.4, 0.5) is 0 Å². The highest BCUT2D eigenvalue weighted by Gasteiger charge is 2.21. The van der Waals surface area contributed by atoms with Crippen molar-refractivity contribution in [3.05, 3.63) is 57.9 Å². The van der Waals surface area contributed by atoms with E-state index >= 15 is 0 Å². The van der Waals surface area contributed by atoms with Crippen molar-refractivity contribution in [2.45, 2.75) is 54.5 Å². The summed E-state index contributed by atoms with van der Waals surface area (Å²) in [5, 5.41) is 3.08. The summed E-state index contributed by atoms with van der Waals surface area (Å²) in [5.74, 6) is 0.484. The number of hydrogen-bond donors (Lipinski definition) is 1. The topological polar surface area (TPSA) is 34.0 Å². The van der Waals surface area contributed by atoms with Gasteiger partial charge >= 0.3 is 0 Å². The van der Waals surface area contributed by atoms with Crippen LogP contribution in [0.5, 0.6) is 0 Å². The molecule has 2 rings (SSSR count). The third-order valence-electron chi connectivity index (χ3n) is 4.62. The first kappa shape index (κ1) is 18.3. The van der Waals surface area contributed by atoms with E-state index in [9.17, 15) is 4.79 Å².